The van der Waals surface area contributed by atoms with E-state index >= 15 is 0 Å². The number of aryl methyl sites for hydroxylation is 2. The molecule has 0 aliphatic rings. The van der Waals surface area contributed by atoms with Crippen molar-refractivity contribution in [2.75, 3.05) is 5.73 Å². The zero-order chi connectivity index (χ0) is 11.5. The minimum atomic E-state index is 0.862. The number of hydrogen-bond donors (Lipinski definition) is 1. The summed E-state index contributed by atoms with van der Waals surface area (Å²) in [5, 5.41) is 0. The lowest BCUT2D eigenvalue weighted by molar-refractivity contribution is 0.770. The van der Waals surface area contributed by atoms with E-state index in [4.69, 9.17) is 5.73 Å². The molecule has 0 spiro atoms. The third kappa shape index (κ3) is 1.81. The molecule has 0 atom stereocenters. The predicted molar refractivity (Wildman–Crippen MR) is 67.1 cm³/mol. The van der Waals surface area contributed by atoms with Gasteiger partial charge in [0.15, 0.2) is 0 Å². The first kappa shape index (κ1) is 10.7. The molecule has 0 aliphatic carbocycles. The number of nitrogens with zero attached hydrogens (tertiary/aromatic N) is 2. The molecule has 1 heterocycles. The average molecular weight is 215 g/mol. The van der Waals surface area contributed by atoms with Crippen LogP contribution in [-0.4, -0.2) is 9.55 Å². The minimum absolute atomic E-state index is 0.862. The topological polar surface area (TPSA) is 43.8 Å². The van der Waals surface area contributed by atoms with Gasteiger partial charge in [0.05, 0.1) is 0 Å². The van der Waals surface area contributed by atoms with Crippen molar-refractivity contribution in [3.8, 4) is 11.4 Å². The smallest absolute Gasteiger partial charge is 0.139 e. The van der Waals surface area contributed by atoms with E-state index < -0.39 is 0 Å². The SMILES string of the molecule is CCc1cc(-c2nccn2CC)ccc1N. The van der Waals surface area contributed by atoms with Crippen LogP contribution in [0.15, 0.2) is 30.6 Å². The highest BCUT2D eigenvalue weighted by Gasteiger charge is 2.06. The first-order chi connectivity index (χ1) is 7.76. The van der Waals surface area contributed by atoms with Crippen LogP contribution >= 0.6 is 0 Å². The maximum absolute atomic E-state index is 5.90. The van der Waals surface area contributed by atoms with Crippen molar-refractivity contribution in [2.24, 2.45) is 0 Å². The molecule has 0 radical (unpaired) electrons. The van der Waals surface area contributed by atoms with E-state index in [2.05, 4.69) is 29.5 Å². The Bertz CT molecular complexity index is 486. The fourth-order valence-corrected chi connectivity index (χ4v) is 1.88. The summed E-state index contributed by atoms with van der Waals surface area (Å²) in [5.74, 6) is 1.01. The molecule has 1 aromatic carbocycles. The molecule has 2 rings (SSSR count). The van der Waals surface area contributed by atoms with Gasteiger partial charge in [-0.05, 0) is 37.1 Å². The molecule has 3 nitrogen and oxygen atoms in total. The van der Waals surface area contributed by atoms with E-state index in [1.807, 2.05) is 24.5 Å². The van der Waals surface area contributed by atoms with E-state index in [9.17, 15) is 0 Å². The van der Waals surface area contributed by atoms with Gasteiger partial charge in [0.1, 0.15) is 5.82 Å². The van der Waals surface area contributed by atoms with E-state index in [0.29, 0.717) is 0 Å². The lowest BCUT2D eigenvalue weighted by atomic mass is 10.1. The summed E-state index contributed by atoms with van der Waals surface area (Å²) < 4.78 is 2.13. The van der Waals surface area contributed by atoms with Crippen molar-refractivity contribution in [3.05, 3.63) is 36.2 Å². The highest BCUT2D eigenvalue weighted by Crippen LogP contribution is 2.22. The Hall–Kier alpha value is -1.77. The lowest BCUT2D eigenvalue weighted by Crippen LogP contribution is -1.98. The molecule has 0 amide bonds. The Labute approximate surface area is 95.9 Å². The fraction of sp³-hybridized carbons (Fsp3) is 0.308. The van der Waals surface area contributed by atoms with Crippen molar-refractivity contribution in [2.45, 2.75) is 26.8 Å². The molecule has 0 saturated heterocycles. The van der Waals surface area contributed by atoms with E-state index in [1.165, 1.54) is 5.56 Å². The van der Waals surface area contributed by atoms with Crippen molar-refractivity contribution in [1.82, 2.24) is 9.55 Å². The number of rotatable bonds is 3. The van der Waals surface area contributed by atoms with Crippen LogP contribution in [0.25, 0.3) is 11.4 Å². The highest BCUT2D eigenvalue weighted by molar-refractivity contribution is 5.62. The van der Waals surface area contributed by atoms with Crippen LogP contribution in [0, 0.1) is 0 Å². The largest absolute Gasteiger partial charge is 0.399 e. The Kier molecular flexibility index (Phi) is 2.95. The van der Waals surface area contributed by atoms with Gasteiger partial charge in [-0.1, -0.05) is 6.92 Å². The molecule has 0 saturated carbocycles. The molecule has 0 bridgehead atoms. The Morgan fingerprint density at radius 2 is 2.12 bits per heavy atom. The lowest BCUT2D eigenvalue weighted by Gasteiger charge is -2.08. The second-order valence-electron chi connectivity index (χ2n) is 3.80. The fourth-order valence-electron chi connectivity index (χ4n) is 1.88. The van der Waals surface area contributed by atoms with Crippen molar-refractivity contribution in [1.29, 1.82) is 0 Å². The number of hydrogen-bond acceptors (Lipinski definition) is 2. The summed E-state index contributed by atoms with van der Waals surface area (Å²) in [6, 6.07) is 6.12. The van der Waals surface area contributed by atoms with Crippen LogP contribution in [0.1, 0.15) is 19.4 Å². The summed E-state index contributed by atoms with van der Waals surface area (Å²) in [7, 11) is 0. The Balaban J connectivity index is 2.48. The number of aromatic nitrogens is 2. The molecule has 84 valence electrons. The van der Waals surface area contributed by atoms with Gasteiger partial charge in [0.2, 0.25) is 0 Å². The summed E-state index contributed by atoms with van der Waals surface area (Å²) in [6.07, 6.45) is 4.78. The zero-order valence-electron chi connectivity index (χ0n) is 9.77. The normalized spacial score (nSPS) is 10.6. The van der Waals surface area contributed by atoms with Gasteiger partial charge in [0.25, 0.3) is 0 Å². The molecule has 0 aliphatic heterocycles. The number of nitrogens with two attached hydrogens (primary N) is 1. The van der Waals surface area contributed by atoms with E-state index in [1.54, 1.807) is 0 Å². The third-order valence-corrected chi connectivity index (χ3v) is 2.84. The van der Waals surface area contributed by atoms with Gasteiger partial charge in [-0.25, -0.2) is 4.98 Å². The van der Waals surface area contributed by atoms with Crippen LogP contribution in [0.4, 0.5) is 5.69 Å². The summed E-state index contributed by atoms with van der Waals surface area (Å²) >= 11 is 0. The molecule has 1 aromatic heterocycles. The molecular formula is C13H17N3. The predicted octanol–water partition coefficient (Wildman–Crippen LogP) is 2.71. The maximum atomic E-state index is 5.90. The van der Waals surface area contributed by atoms with Crippen molar-refractivity contribution >= 4 is 5.69 Å². The summed E-state index contributed by atoms with van der Waals surface area (Å²) in [5.41, 5.74) is 9.08. The third-order valence-electron chi connectivity index (χ3n) is 2.84. The molecule has 0 unspecified atom stereocenters. The Morgan fingerprint density at radius 3 is 2.81 bits per heavy atom. The van der Waals surface area contributed by atoms with Gasteiger partial charge in [0, 0.05) is 30.2 Å². The first-order valence-electron chi connectivity index (χ1n) is 5.66. The molecule has 3 heteroatoms. The van der Waals surface area contributed by atoms with Crippen LogP contribution in [0.2, 0.25) is 0 Å². The zero-order valence-corrected chi connectivity index (χ0v) is 9.77. The number of anilines is 1. The Morgan fingerprint density at radius 1 is 1.31 bits per heavy atom. The minimum Gasteiger partial charge on any atom is -0.399 e. The molecule has 2 aromatic rings. The van der Waals surface area contributed by atoms with Gasteiger partial charge < -0.3 is 10.3 Å². The monoisotopic (exact) mass is 215 g/mol. The van der Waals surface area contributed by atoms with E-state index in [0.717, 1.165) is 30.0 Å². The summed E-state index contributed by atoms with van der Waals surface area (Å²) in [4.78, 5) is 4.38. The van der Waals surface area contributed by atoms with Gasteiger partial charge in [-0.15, -0.1) is 0 Å². The van der Waals surface area contributed by atoms with Crippen LogP contribution in [-0.2, 0) is 13.0 Å². The molecule has 0 fully saturated rings. The highest BCUT2D eigenvalue weighted by atomic mass is 15.1. The average Bonchev–Trinajstić information content (AvgIpc) is 2.78. The second kappa shape index (κ2) is 4.39. The van der Waals surface area contributed by atoms with Crippen LogP contribution in [0.3, 0.4) is 0 Å². The van der Waals surface area contributed by atoms with Gasteiger partial charge in [-0.3, -0.25) is 0 Å². The number of nitrogen functional groups attached to an aromatic ring is 1. The summed E-state index contributed by atoms with van der Waals surface area (Å²) in [6.45, 7) is 5.16. The number of benzene rings is 1. The first-order valence-corrected chi connectivity index (χ1v) is 5.66. The molecule has 16 heavy (non-hydrogen) atoms. The molecule has 2 N–H and O–H groups in total. The van der Waals surface area contributed by atoms with Gasteiger partial charge in [-0.2, -0.15) is 0 Å². The van der Waals surface area contributed by atoms with Crippen molar-refractivity contribution < 1.29 is 0 Å². The van der Waals surface area contributed by atoms with Crippen molar-refractivity contribution in [3.63, 3.8) is 0 Å². The number of imidazole rings is 1. The van der Waals surface area contributed by atoms with Crippen LogP contribution in [0.5, 0.6) is 0 Å². The molecular weight excluding hydrogens is 198 g/mol. The second-order valence-corrected chi connectivity index (χ2v) is 3.80. The maximum Gasteiger partial charge on any atom is 0.139 e. The van der Waals surface area contributed by atoms with E-state index in [-0.39, 0.29) is 0 Å². The standard InChI is InChI=1S/C13H17N3/c1-3-10-9-11(5-6-12(10)14)13-15-7-8-16(13)4-2/h5-9H,3-4,14H2,1-2H3. The van der Waals surface area contributed by atoms with Crippen LogP contribution < -0.4 is 5.73 Å². The quantitative estimate of drug-likeness (QED) is 0.800. The van der Waals surface area contributed by atoms with Gasteiger partial charge >= 0.3 is 0 Å².